The number of hydrogen-bond acceptors (Lipinski definition) is 3. The van der Waals surface area contributed by atoms with Crippen molar-refractivity contribution in [3.63, 3.8) is 0 Å². The van der Waals surface area contributed by atoms with E-state index >= 15 is 0 Å². The van der Waals surface area contributed by atoms with Crippen molar-refractivity contribution in [3.05, 3.63) is 65.5 Å². The molecule has 0 saturated heterocycles. The fraction of sp³-hybridized carbons (Fsp3) is 0.316. The number of anilines is 1. The molecule has 2 aromatic carbocycles. The zero-order valence-corrected chi connectivity index (χ0v) is 17.4. The van der Waals surface area contributed by atoms with E-state index in [2.05, 4.69) is 20.9 Å². The van der Waals surface area contributed by atoms with Crippen molar-refractivity contribution < 1.29 is 9.13 Å². The fourth-order valence-electron chi connectivity index (χ4n) is 2.26. The second-order valence-corrected chi connectivity index (χ2v) is 5.49. The molecule has 0 unspecified atom stereocenters. The van der Waals surface area contributed by atoms with Gasteiger partial charge in [-0.1, -0.05) is 30.3 Å². The molecule has 2 aromatic rings. The summed E-state index contributed by atoms with van der Waals surface area (Å²) in [6.07, 6.45) is 0. The zero-order chi connectivity index (χ0) is 17.9. The summed E-state index contributed by atoms with van der Waals surface area (Å²) < 4.78 is 18.6. The molecule has 0 heterocycles. The first-order chi connectivity index (χ1) is 12.2. The molecular weight excluding hydrogens is 446 g/mol. The maximum absolute atomic E-state index is 13.6. The maximum atomic E-state index is 13.6. The van der Waals surface area contributed by atoms with Crippen molar-refractivity contribution in [2.75, 3.05) is 32.6 Å². The van der Waals surface area contributed by atoms with Gasteiger partial charge in [-0.05, 0) is 23.8 Å². The summed E-state index contributed by atoms with van der Waals surface area (Å²) in [5.41, 5.74) is 2.80. The monoisotopic (exact) mass is 472 g/mol. The molecular formula is C19H26FIN4O. The highest BCUT2D eigenvalue weighted by atomic mass is 127. The van der Waals surface area contributed by atoms with E-state index in [0.29, 0.717) is 31.2 Å². The highest BCUT2D eigenvalue weighted by molar-refractivity contribution is 14.0. The van der Waals surface area contributed by atoms with Gasteiger partial charge in [0.1, 0.15) is 5.82 Å². The SMILES string of the molecule is CN=C(NCc1ccc(NCCOC)cc1)NCc1ccccc1F.I. The molecule has 0 bridgehead atoms. The van der Waals surface area contributed by atoms with Gasteiger partial charge < -0.3 is 20.7 Å². The van der Waals surface area contributed by atoms with Crippen LogP contribution in [0.4, 0.5) is 10.1 Å². The maximum Gasteiger partial charge on any atom is 0.191 e. The second-order valence-electron chi connectivity index (χ2n) is 5.49. The topological polar surface area (TPSA) is 57.7 Å². The molecule has 0 saturated carbocycles. The van der Waals surface area contributed by atoms with Gasteiger partial charge in [-0.25, -0.2) is 4.39 Å². The van der Waals surface area contributed by atoms with E-state index in [4.69, 9.17) is 4.74 Å². The Labute approximate surface area is 171 Å². The molecule has 0 aliphatic carbocycles. The average molecular weight is 472 g/mol. The van der Waals surface area contributed by atoms with Crippen molar-refractivity contribution >= 4 is 35.6 Å². The van der Waals surface area contributed by atoms with E-state index in [0.717, 1.165) is 17.8 Å². The van der Waals surface area contributed by atoms with Crippen molar-refractivity contribution in [1.82, 2.24) is 10.6 Å². The van der Waals surface area contributed by atoms with Crippen molar-refractivity contribution in [2.24, 2.45) is 4.99 Å². The van der Waals surface area contributed by atoms with Gasteiger partial charge in [0.05, 0.1) is 6.61 Å². The van der Waals surface area contributed by atoms with Gasteiger partial charge in [0.2, 0.25) is 0 Å². The van der Waals surface area contributed by atoms with Crippen molar-refractivity contribution in [2.45, 2.75) is 13.1 Å². The number of nitrogens with one attached hydrogen (secondary N) is 3. The highest BCUT2D eigenvalue weighted by Crippen LogP contribution is 2.09. The van der Waals surface area contributed by atoms with Gasteiger partial charge in [0.25, 0.3) is 0 Å². The minimum absolute atomic E-state index is 0. The van der Waals surface area contributed by atoms with Crippen LogP contribution in [0.25, 0.3) is 0 Å². The van der Waals surface area contributed by atoms with Crippen LogP contribution < -0.4 is 16.0 Å². The van der Waals surface area contributed by atoms with Crippen LogP contribution in [0.2, 0.25) is 0 Å². The van der Waals surface area contributed by atoms with E-state index < -0.39 is 0 Å². The molecule has 0 fully saturated rings. The van der Waals surface area contributed by atoms with Crippen LogP contribution >= 0.6 is 24.0 Å². The predicted molar refractivity (Wildman–Crippen MR) is 116 cm³/mol. The molecule has 7 heteroatoms. The molecule has 0 amide bonds. The molecule has 0 atom stereocenters. The van der Waals surface area contributed by atoms with E-state index in [1.54, 1.807) is 26.3 Å². The number of hydrogen-bond donors (Lipinski definition) is 3. The number of rotatable bonds is 8. The molecule has 0 radical (unpaired) electrons. The lowest BCUT2D eigenvalue weighted by molar-refractivity contribution is 0.211. The molecule has 142 valence electrons. The summed E-state index contributed by atoms with van der Waals surface area (Å²) in [5.74, 6) is 0.410. The van der Waals surface area contributed by atoms with Crippen molar-refractivity contribution in [3.8, 4) is 0 Å². The molecule has 5 nitrogen and oxygen atoms in total. The summed E-state index contributed by atoms with van der Waals surface area (Å²) in [7, 11) is 3.38. The average Bonchev–Trinajstić information content (AvgIpc) is 2.64. The molecule has 0 spiro atoms. The van der Waals surface area contributed by atoms with Gasteiger partial charge in [0, 0.05) is 45.0 Å². The van der Waals surface area contributed by atoms with Gasteiger partial charge in [-0.3, -0.25) is 4.99 Å². The van der Waals surface area contributed by atoms with Crippen LogP contribution in [0.1, 0.15) is 11.1 Å². The van der Waals surface area contributed by atoms with E-state index in [-0.39, 0.29) is 29.8 Å². The van der Waals surface area contributed by atoms with Crippen molar-refractivity contribution in [1.29, 1.82) is 0 Å². The Morgan fingerprint density at radius 3 is 2.38 bits per heavy atom. The largest absolute Gasteiger partial charge is 0.383 e. The summed E-state index contributed by atoms with van der Waals surface area (Å²) in [4.78, 5) is 4.16. The lowest BCUT2D eigenvalue weighted by atomic mass is 10.2. The molecule has 26 heavy (non-hydrogen) atoms. The minimum atomic E-state index is -0.220. The second kappa shape index (κ2) is 12.5. The van der Waals surface area contributed by atoms with Crippen LogP contribution in [-0.2, 0) is 17.8 Å². The first-order valence-electron chi connectivity index (χ1n) is 8.22. The first-order valence-corrected chi connectivity index (χ1v) is 8.22. The lowest BCUT2D eigenvalue weighted by Gasteiger charge is -2.13. The minimum Gasteiger partial charge on any atom is -0.383 e. The Balaban J connectivity index is 0.00000338. The summed E-state index contributed by atoms with van der Waals surface area (Å²) in [6.45, 7) is 2.47. The summed E-state index contributed by atoms with van der Waals surface area (Å²) in [6, 6.07) is 14.9. The Hall–Kier alpha value is -1.87. The molecule has 2 rings (SSSR count). The number of aliphatic imine (C=N–C) groups is 1. The number of methoxy groups -OCH3 is 1. The number of halogens is 2. The number of guanidine groups is 1. The van der Waals surface area contributed by atoms with Crippen LogP contribution in [0, 0.1) is 5.82 Å². The number of ether oxygens (including phenoxy) is 1. The lowest BCUT2D eigenvalue weighted by Crippen LogP contribution is -2.36. The number of nitrogens with zero attached hydrogens (tertiary/aromatic N) is 1. The van der Waals surface area contributed by atoms with Crippen LogP contribution in [0.5, 0.6) is 0 Å². The molecule has 3 N–H and O–H groups in total. The van der Waals surface area contributed by atoms with Crippen LogP contribution in [0.3, 0.4) is 0 Å². The van der Waals surface area contributed by atoms with Gasteiger partial charge in [-0.15, -0.1) is 24.0 Å². The van der Waals surface area contributed by atoms with Gasteiger partial charge in [-0.2, -0.15) is 0 Å². The molecule has 0 aliphatic heterocycles. The van der Waals surface area contributed by atoms with Crippen LogP contribution in [-0.4, -0.2) is 33.3 Å². The third-order valence-corrected chi connectivity index (χ3v) is 3.68. The van der Waals surface area contributed by atoms with Gasteiger partial charge in [0.15, 0.2) is 5.96 Å². The van der Waals surface area contributed by atoms with E-state index in [9.17, 15) is 4.39 Å². The van der Waals surface area contributed by atoms with E-state index in [1.165, 1.54) is 6.07 Å². The van der Waals surface area contributed by atoms with Gasteiger partial charge >= 0.3 is 0 Å². The van der Waals surface area contributed by atoms with E-state index in [1.807, 2.05) is 30.3 Å². The zero-order valence-electron chi connectivity index (χ0n) is 15.1. The van der Waals surface area contributed by atoms with Crippen LogP contribution in [0.15, 0.2) is 53.5 Å². The number of benzene rings is 2. The first kappa shape index (κ1) is 22.2. The Morgan fingerprint density at radius 1 is 1.04 bits per heavy atom. The normalized spacial score (nSPS) is 10.8. The Bertz CT molecular complexity index is 679. The third kappa shape index (κ3) is 7.57. The quantitative estimate of drug-likeness (QED) is 0.239. The standard InChI is InChI=1S/C19H25FN4O.HI/c1-21-19(24-14-16-5-3-4-6-18(16)20)23-13-15-7-9-17(10-8-15)22-11-12-25-2;/h3-10,22H,11-14H2,1-2H3,(H2,21,23,24);1H. The fourth-order valence-corrected chi connectivity index (χ4v) is 2.26. The summed E-state index contributed by atoms with van der Waals surface area (Å²) >= 11 is 0. The molecule has 0 aliphatic rings. The predicted octanol–water partition coefficient (Wildman–Crippen LogP) is 3.37. The highest BCUT2D eigenvalue weighted by Gasteiger charge is 2.03. The smallest absolute Gasteiger partial charge is 0.191 e. The Kier molecular flexibility index (Phi) is 10.6. The summed E-state index contributed by atoms with van der Waals surface area (Å²) in [5, 5.41) is 9.61. The third-order valence-electron chi connectivity index (χ3n) is 3.68. The Morgan fingerprint density at radius 2 is 1.73 bits per heavy atom. The molecule has 0 aromatic heterocycles.